The lowest BCUT2D eigenvalue weighted by molar-refractivity contribution is 0.0916. The van der Waals surface area contributed by atoms with Crippen LogP contribution in [0.2, 0.25) is 0 Å². The third-order valence-corrected chi connectivity index (χ3v) is 2.84. The van der Waals surface area contributed by atoms with Crippen LogP contribution in [0.5, 0.6) is 0 Å². The Morgan fingerprint density at radius 1 is 1.18 bits per heavy atom. The Labute approximate surface area is 100 Å². The van der Waals surface area contributed by atoms with Crippen LogP contribution >= 0.6 is 0 Å². The van der Waals surface area contributed by atoms with Gasteiger partial charge in [0.2, 0.25) is 5.78 Å². The fraction of sp³-hybridized carbons (Fsp3) is 0.286. The Hall–Kier alpha value is -1.90. The SMILES string of the molecule is CCCc1ccc2c(c1)C(=O)C=C(OC)C2=O. The van der Waals surface area contributed by atoms with E-state index in [-0.39, 0.29) is 17.3 Å². The molecule has 0 N–H and O–H groups in total. The molecule has 0 fully saturated rings. The molecule has 0 aromatic heterocycles. The first-order chi connectivity index (χ1) is 8.17. The molecule has 0 atom stereocenters. The highest BCUT2D eigenvalue weighted by molar-refractivity contribution is 6.23. The molecule has 1 aliphatic carbocycles. The summed E-state index contributed by atoms with van der Waals surface area (Å²) in [6.07, 6.45) is 3.19. The second-order valence-electron chi connectivity index (χ2n) is 4.04. The van der Waals surface area contributed by atoms with Gasteiger partial charge < -0.3 is 4.74 Å². The van der Waals surface area contributed by atoms with Crippen molar-refractivity contribution in [2.75, 3.05) is 7.11 Å². The number of benzene rings is 1. The zero-order valence-corrected chi connectivity index (χ0v) is 9.95. The Bertz CT molecular complexity index is 512. The Morgan fingerprint density at radius 2 is 1.94 bits per heavy atom. The molecule has 1 aromatic carbocycles. The van der Waals surface area contributed by atoms with Crippen molar-refractivity contribution in [1.29, 1.82) is 0 Å². The van der Waals surface area contributed by atoms with Crippen molar-refractivity contribution < 1.29 is 14.3 Å². The van der Waals surface area contributed by atoms with Crippen molar-refractivity contribution >= 4 is 11.6 Å². The lowest BCUT2D eigenvalue weighted by Crippen LogP contribution is -2.18. The number of hydrogen-bond donors (Lipinski definition) is 0. The summed E-state index contributed by atoms with van der Waals surface area (Å²) < 4.78 is 4.90. The van der Waals surface area contributed by atoms with Crippen molar-refractivity contribution in [3.8, 4) is 0 Å². The number of allylic oxidation sites excluding steroid dienone is 2. The summed E-state index contributed by atoms with van der Waals surface area (Å²) in [4.78, 5) is 23.8. The van der Waals surface area contributed by atoms with Gasteiger partial charge in [-0.1, -0.05) is 19.4 Å². The van der Waals surface area contributed by atoms with Crippen LogP contribution in [0.25, 0.3) is 0 Å². The second kappa shape index (κ2) is 4.53. The number of ketones is 2. The van der Waals surface area contributed by atoms with Crippen LogP contribution in [0.3, 0.4) is 0 Å². The number of methoxy groups -OCH3 is 1. The minimum Gasteiger partial charge on any atom is -0.492 e. The van der Waals surface area contributed by atoms with E-state index in [4.69, 9.17) is 4.74 Å². The highest BCUT2D eigenvalue weighted by atomic mass is 16.5. The molecule has 0 radical (unpaired) electrons. The molecule has 0 bridgehead atoms. The number of Topliss-reactive ketones (excluding diaryl/α,β-unsaturated/α-hetero) is 1. The molecule has 0 heterocycles. The fourth-order valence-electron chi connectivity index (χ4n) is 1.98. The molecule has 0 spiro atoms. The summed E-state index contributed by atoms with van der Waals surface area (Å²) in [5, 5.41) is 0. The molecule has 0 saturated carbocycles. The number of rotatable bonds is 3. The second-order valence-corrected chi connectivity index (χ2v) is 4.04. The molecule has 0 saturated heterocycles. The molecule has 3 heteroatoms. The van der Waals surface area contributed by atoms with E-state index in [2.05, 4.69) is 6.92 Å². The number of carbonyl (C=O) groups excluding carboxylic acids is 2. The van der Waals surface area contributed by atoms with Crippen LogP contribution in [-0.2, 0) is 11.2 Å². The summed E-state index contributed by atoms with van der Waals surface area (Å²) in [7, 11) is 1.40. The van der Waals surface area contributed by atoms with Crippen molar-refractivity contribution in [2.24, 2.45) is 0 Å². The Morgan fingerprint density at radius 3 is 2.59 bits per heavy atom. The van der Waals surface area contributed by atoms with Gasteiger partial charge in [0, 0.05) is 17.2 Å². The van der Waals surface area contributed by atoms with Gasteiger partial charge in [-0.15, -0.1) is 0 Å². The molecule has 17 heavy (non-hydrogen) atoms. The van der Waals surface area contributed by atoms with E-state index in [9.17, 15) is 9.59 Å². The minimum atomic E-state index is -0.217. The van der Waals surface area contributed by atoms with Gasteiger partial charge in [-0.3, -0.25) is 9.59 Å². The molecular formula is C14H14O3. The maximum absolute atomic E-state index is 11.9. The molecular weight excluding hydrogens is 216 g/mol. The quantitative estimate of drug-likeness (QED) is 0.801. The molecule has 0 unspecified atom stereocenters. The van der Waals surface area contributed by atoms with E-state index >= 15 is 0 Å². The summed E-state index contributed by atoms with van der Waals surface area (Å²) >= 11 is 0. The summed E-state index contributed by atoms with van der Waals surface area (Å²) in [5.74, 6) is -0.259. The molecule has 1 aliphatic rings. The molecule has 1 aromatic rings. The molecule has 2 rings (SSSR count). The van der Waals surface area contributed by atoms with E-state index < -0.39 is 0 Å². The topological polar surface area (TPSA) is 43.4 Å². The number of fused-ring (bicyclic) bond motifs is 1. The van der Waals surface area contributed by atoms with Crippen LogP contribution in [0.15, 0.2) is 30.0 Å². The summed E-state index contributed by atoms with van der Waals surface area (Å²) in [5.41, 5.74) is 2.01. The van der Waals surface area contributed by atoms with Crippen LogP contribution in [-0.4, -0.2) is 18.7 Å². The summed E-state index contributed by atoms with van der Waals surface area (Å²) in [6.45, 7) is 2.08. The van der Waals surface area contributed by atoms with E-state index in [1.165, 1.54) is 13.2 Å². The first-order valence-electron chi connectivity index (χ1n) is 5.65. The smallest absolute Gasteiger partial charge is 0.228 e. The van der Waals surface area contributed by atoms with Gasteiger partial charge in [-0.25, -0.2) is 0 Å². The van der Waals surface area contributed by atoms with Gasteiger partial charge in [0.15, 0.2) is 11.5 Å². The van der Waals surface area contributed by atoms with Crippen LogP contribution < -0.4 is 0 Å². The minimum absolute atomic E-state index is 0.116. The number of ether oxygens (including phenoxy) is 1. The first kappa shape index (κ1) is 11.6. The lowest BCUT2D eigenvalue weighted by atomic mass is 9.91. The zero-order chi connectivity index (χ0) is 12.4. The number of hydrogen-bond acceptors (Lipinski definition) is 3. The van der Waals surface area contributed by atoms with Crippen LogP contribution in [0.4, 0.5) is 0 Å². The van der Waals surface area contributed by atoms with Crippen LogP contribution in [0, 0.1) is 0 Å². The van der Waals surface area contributed by atoms with Crippen molar-refractivity contribution in [2.45, 2.75) is 19.8 Å². The predicted octanol–water partition coefficient (Wildman–Crippen LogP) is 2.55. The molecule has 88 valence electrons. The maximum atomic E-state index is 11.9. The third kappa shape index (κ3) is 2.00. The van der Waals surface area contributed by atoms with Crippen LogP contribution in [0.1, 0.15) is 39.6 Å². The highest BCUT2D eigenvalue weighted by Gasteiger charge is 2.26. The highest BCUT2D eigenvalue weighted by Crippen LogP contribution is 2.23. The van der Waals surface area contributed by atoms with E-state index in [0.717, 1.165) is 18.4 Å². The normalized spacial score (nSPS) is 14.4. The van der Waals surface area contributed by atoms with Gasteiger partial charge in [0.1, 0.15) is 0 Å². The maximum Gasteiger partial charge on any atom is 0.228 e. The third-order valence-electron chi connectivity index (χ3n) is 2.84. The Kier molecular flexibility index (Phi) is 3.09. The Balaban J connectivity index is 2.48. The van der Waals surface area contributed by atoms with Gasteiger partial charge in [-0.05, 0) is 24.1 Å². The van der Waals surface area contributed by atoms with Gasteiger partial charge in [0.05, 0.1) is 7.11 Å². The van der Waals surface area contributed by atoms with Gasteiger partial charge in [0.25, 0.3) is 0 Å². The monoisotopic (exact) mass is 230 g/mol. The standard InChI is InChI=1S/C14H14O3/c1-3-4-9-5-6-10-11(7-9)12(15)8-13(17-2)14(10)16/h5-8H,3-4H2,1-2H3. The number of carbonyl (C=O) groups is 2. The predicted molar refractivity (Wildman–Crippen MR) is 64.2 cm³/mol. The average Bonchev–Trinajstić information content (AvgIpc) is 2.34. The summed E-state index contributed by atoms with van der Waals surface area (Å²) in [6, 6.07) is 5.42. The van der Waals surface area contributed by atoms with E-state index in [1.807, 2.05) is 12.1 Å². The largest absolute Gasteiger partial charge is 0.492 e. The van der Waals surface area contributed by atoms with E-state index in [1.54, 1.807) is 6.07 Å². The first-order valence-corrected chi connectivity index (χ1v) is 5.65. The lowest BCUT2D eigenvalue weighted by Gasteiger charge is -2.14. The fourth-order valence-corrected chi connectivity index (χ4v) is 1.98. The molecule has 3 nitrogen and oxygen atoms in total. The average molecular weight is 230 g/mol. The van der Waals surface area contributed by atoms with Crippen molar-refractivity contribution in [1.82, 2.24) is 0 Å². The van der Waals surface area contributed by atoms with E-state index in [0.29, 0.717) is 11.1 Å². The molecule has 0 amide bonds. The molecule has 0 aliphatic heterocycles. The van der Waals surface area contributed by atoms with Gasteiger partial charge >= 0.3 is 0 Å². The zero-order valence-electron chi connectivity index (χ0n) is 9.95. The number of aryl methyl sites for hydroxylation is 1. The van der Waals surface area contributed by atoms with Crippen molar-refractivity contribution in [3.63, 3.8) is 0 Å². The van der Waals surface area contributed by atoms with Crippen molar-refractivity contribution in [3.05, 3.63) is 46.7 Å². The van der Waals surface area contributed by atoms with Gasteiger partial charge in [-0.2, -0.15) is 0 Å².